The highest BCUT2D eigenvalue weighted by atomic mass is 16.5. The Bertz CT molecular complexity index is 778. The van der Waals surface area contributed by atoms with Gasteiger partial charge in [-0.2, -0.15) is 5.10 Å². The highest BCUT2D eigenvalue weighted by Gasteiger charge is 2.25. The van der Waals surface area contributed by atoms with Crippen LogP contribution in [-0.2, 0) is 9.47 Å². The van der Waals surface area contributed by atoms with E-state index in [2.05, 4.69) is 10.4 Å². The van der Waals surface area contributed by atoms with Crippen molar-refractivity contribution in [3.8, 4) is 5.69 Å². The van der Waals surface area contributed by atoms with Crippen molar-refractivity contribution in [1.82, 2.24) is 14.7 Å². The summed E-state index contributed by atoms with van der Waals surface area (Å²) in [5, 5.41) is 7.51. The van der Waals surface area contributed by atoms with Crippen LogP contribution >= 0.6 is 0 Å². The molecule has 0 saturated carbocycles. The molecule has 4 rings (SSSR count). The second-order valence-corrected chi connectivity index (χ2v) is 7.49. The first-order valence-corrected chi connectivity index (χ1v) is 10.1. The van der Waals surface area contributed by atoms with Crippen LogP contribution < -0.4 is 5.32 Å². The summed E-state index contributed by atoms with van der Waals surface area (Å²) < 4.78 is 13.4. The molecule has 0 bridgehead atoms. The van der Waals surface area contributed by atoms with Crippen molar-refractivity contribution < 1.29 is 14.3 Å². The van der Waals surface area contributed by atoms with E-state index >= 15 is 0 Å². The Morgan fingerprint density at radius 2 is 2.04 bits per heavy atom. The second kappa shape index (κ2) is 8.75. The highest BCUT2D eigenvalue weighted by molar-refractivity contribution is 5.89. The summed E-state index contributed by atoms with van der Waals surface area (Å²) in [7, 11) is 0. The normalized spacial score (nSPS) is 20.5. The molecule has 1 aromatic carbocycles. The van der Waals surface area contributed by atoms with E-state index in [-0.39, 0.29) is 18.2 Å². The highest BCUT2D eigenvalue weighted by Crippen LogP contribution is 2.20. The van der Waals surface area contributed by atoms with Crippen molar-refractivity contribution in [3.05, 3.63) is 42.2 Å². The molecule has 2 aromatic rings. The fraction of sp³-hybridized carbons (Fsp3) is 0.524. The van der Waals surface area contributed by atoms with Crippen molar-refractivity contribution >= 4 is 11.7 Å². The average molecular weight is 384 g/mol. The second-order valence-electron chi connectivity index (χ2n) is 7.49. The topological polar surface area (TPSA) is 68.6 Å². The number of piperidine rings is 1. The van der Waals surface area contributed by atoms with Crippen molar-refractivity contribution in [1.29, 1.82) is 0 Å². The molecule has 1 atom stereocenters. The lowest BCUT2D eigenvalue weighted by molar-refractivity contribution is -0.0377. The summed E-state index contributed by atoms with van der Waals surface area (Å²) in [4.78, 5) is 14.5. The Kier molecular flexibility index (Phi) is 5.92. The number of urea groups is 1. The van der Waals surface area contributed by atoms with E-state index in [4.69, 9.17) is 9.47 Å². The number of anilines is 1. The fourth-order valence-electron chi connectivity index (χ4n) is 3.73. The standard InChI is InChI=1S/C21H28N4O3/c1-16-20(14-25(23-16)17-6-3-2-4-7-17)22-21(26)24-11-9-18(10-12-24)28-15-19-8-5-13-27-19/h2-4,6-7,14,18-19H,5,8-13,15H2,1H3,(H,22,26). The summed E-state index contributed by atoms with van der Waals surface area (Å²) >= 11 is 0. The predicted molar refractivity (Wildman–Crippen MR) is 107 cm³/mol. The maximum Gasteiger partial charge on any atom is 0.321 e. The smallest absolute Gasteiger partial charge is 0.321 e. The lowest BCUT2D eigenvalue weighted by Crippen LogP contribution is -2.43. The molecular weight excluding hydrogens is 356 g/mol. The van der Waals surface area contributed by atoms with Gasteiger partial charge in [-0.05, 0) is 44.7 Å². The largest absolute Gasteiger partial charge is 0.376 e. The number of rotatable bonds is 5. The van der Waals surface area contributed by atoms with E-state index in [0.29, 0.717) is 19.7 Å². The van der Waals surface area contributed by atoms with Gasteiger partial charge in [-0.1, -0.05) is 18.2 Å². The molecule has 2 amide bonds. The maximum absolute atomic E-state index is 12.7. The van der Waals surface area contributed by atoms with Crippen molar-refractivity contribution in [2.24, 2.45) is 0 Å². The van der Waals surface area contributed by atoms with E-state index in [1.54, 1.807) is 4.68 Å². The number of benzene rings is 1. The summed E-state index contributed by atoms with van der Waals surface area (Å²) in [5.41, 5.74) is 2.51. The molecule has 150 valence electrons. The number of aromatic nitrogens is 2. The molecule has 2 saturated heterocycles. The maximum atomic E-state index is 12.7. The molecule has 1 aromatic heterocycles. The molecule has 0 aliphatic carbocycles. The van der Waals surface area contributed by atoms with Crippen LogP contribution in [0.2, 0.25) is 0 Å². The monoisotopic (exact) mass is 384 g/mol. The molecule has 28 heavy (non-hydrogen) atoms. The SMILES string of the molecule is Cc1nn(-c2ccccc2)cc1NC(=O)N1CCC(OCC2CCCO2)CC1. The lowest BCUT2D eigenvalue weighted by atomic mass is 10.1. The Labute approximate surface area is 165 Å². The molecule has 7 nitrogen and oxygen atoms in total. The van der Waals surface area contributed by atoms with Gasteiger partial charge < -0.3 is 19.7 Å². The molecule has 0 spiro atoms. The third kappa shape index (κ3) is 4.54. The number of para-hydroxylation sites is 1. The average Bonchev–Trinajstić information content (AvgIpc) is 3.38. The van der Waals surface area contributed by atoms with Crippen LogP contribution in [0.15, 0.2) is 36.5 Å². The van der Waals surface area contributed by atoms with Crippen LogP contribution in [0.4, 0.5) is 10.5 Å². The minimum Gasteiger partial charge on any atom is -0.376 e. The number of nitrogens with one attached hydrogen (secondary N) is 1. The third-order valence-corrected chi connectivity index (χ3v) is 5.43. The predicted octanol–water partition coefficient (Wildman–Crippen LogP) is 3.37. The van der Waals surface area contributed by atoms with Gasteiger partial charge in [0.25, 0.3) is 0 Å². The van der Waals surface area contributed by atoms with Crippen molar-refractivity contribution in [3.63, 3.8) is 0 Å². The number of hydrogen-bond donors (Lipinski definition) is 1. The lowest BCUT2D eigenvalue weighted by Gasteiger charge is -2.32. The number of aryl methyl sites for hydroxylation is 1. The van der Waals surface area contributed by atoms with E-state index in [1.165, 1.54) is 0 Å². The van der Waals surface area contributed by atoms with Gasteiger partial charge in [0.2, 0.25) is 0 Å². The first-order chi connectivity index (χ1) is 13.7. The van der Waals surface area contributed by atoms with E-state index in [1.807, 2.05) is 48.4 Å². The number of nitrogens with zero attached hydrogens (tertiary/aromatic N) is 3. The molecule has 3 heterocycles. The van der Waals surface area contributed by atoms with Gasteiger partial charge in [-0.15, -0.1) is 0 Å². The summed E-state index contributed by atoms with van der Waals surface area (Å²) in [6, 6.07) is 9.80. The Hall–Kier alpha value is -2.38. The summed E-state index contributed by atoms with van der Waals surface area (Å²) in [5.74, 6) is 0. The Morgan fingerprint density at radius 1 is 1.25 bits per heavy atom. The number of likely N-dealkylation sites (tertiary alicyclic amines) is 1. The van der Waals surface area contributed by atoms with E-state index in [0.717, 1.165) is 49.4 Å². The number of ether oxygens (including phenoxy) is 2. The number of carbonyl (C=O) groups excluding carboxylic acids is 1. The van der Waals surface area contributed by atoms with Crippen molar-refractivity contribution in [2.45, 2.75) is 44.8 Å². The number of amides is 2. The quantitative estimate of drug-likeness (QED) is 0.858. The molecule has 2 fully saturated rings. The van der Waals surface area contributed by atoms with Gasteiger partial charge in [0.15, 0.2) is 0 Å². The number of hydrogen-bond acceptors (Lipinski definition) is 4. The summed E-state index contributed by atoms with van der Waals surface area (Å²) in [6.07, 6.45) is 6.29. The first-order valence-electron chi connectivity index (χ1n) is 10.1. The molecule has 7 heteroatoms. The zero-order valence-electron chi connectivity index (χ0n) is 16.3. The minimum absolute atomic E-state index is 0.0757. The van der Waals surface area contributed by atoms with Crippen LogP contribution in [0, 0.1) is 6.92 Å². The van der Waals surface area contributed by atoms with Gasteiger partial charge in [0.1, 0.15) is 0 Å². The van der Waals surface area contributed by atoms with Gasteiger partial charge >= 0.3 is 6.03 Å². The van der Waals surface area contributed by atoms with Gasteiger partial charge in [0.05, 0.1) is 42.1 Å². The van der Waals surface area contributed by atoms with Crippen molar-refractivity contribution in [2.75, 3.05) is 31.6 Å². The van der Waals surface area contributed by atoms with E-state index < -0.39 is 0 Å². The van der Waals surface area contributed by atoms with E-state index in [9.17, 15) is 4.79 Å². The fourth-order valence-corrected chi connectivity index (χ4v) is 3.73. The third-order valence-electron chi connectivity index (χ3n) is 5.43. The number of carbonyl (C=O) groups is 1. The van der Waals surface area contributed by atoms with Crippen LogP contribution in [-0.4, -0.2) is 59.2 Å². The minimum atomic E-state index is -0.0757. The van der Waals surface area contributed by atoms with Crippen LogP contribution in [0.1, 0.15) is 31.4 Å². The van der Waals surface area contributed by atoms with Crippen LogP contribution in [0.25, 0.3) is 5.69 Å². The first kappa shape index (κ1) is 19.0. The molecular formula is C21H28N4O3. The summed E-state index contributed by atoms with van der Waals surface area (Å²) in [6.45, 7) is 4.84. The zero-order chi connectivity index (χ0) is 19.3. The molecule has 2 aliphatic rings. The zero-order valence-corrected chi connectivity index (χ0v) is 16.3. The van der Waals surface area contributed by atoms with Gasteiger partial charge in [-0.25, -0.2) is 9.48 Å². The Balaban J connectivity index is 1.27. The van der Waals surface area contributed by atoms with Gasteiger partial charge in [-0.3, -0.25) is 0 Å². The molecule has 1 unspecified atom stereocenters. The van der Waals surface area contributed by atoms with Crippen LogP contribution in [0.3, 0.4) is 0 Å². The Morgan fingerprint density at radius 3 is 2.75 bits per heavy atom. The molecule has 1 N–H and O–H groups in total. The molecule has 0 radical (unpaired) electrons. The van der Waals surface area contributed by atoms with Crippen LogP contribution in [0.5, 0.6) is 0 Å². The molecule has 2 aliphatic heterocycles. The van der Waals surface area contributed by atoms with Gasteiger partial charge in [0, 0.05) is 19.7 Å².